The molecule has 0 radical (unpaired) electrons. The lowest BCUT2D eigenvalue weighted by Gasteiger charge is -2.34. The van der Waals surface area contributed by atoms with Gasteiger partial charge in [0.05, 0.1) is 12.8 Å². The summed E-state index contributed by atoms with van der Waals surface area (Å²) in [6, 6.07) is -1.16. The number of amides is 1. The molecule has 1 aliphatic rings. The van der Waals surface area contributed by atoms with Crippen LogP contribution in [0.1, 0.15) is 12.6 Å². The average Bonchev–Trinajstić information content (AvgIpc) is 2.98. The first-order chi connectivity index (χ1) is 9.70. The van der Waals surface area contributed by atoms with Crippen molar-refractivity contribution in [3.63, 3.8) is 0 Å². The summed E-state index contributed by atoms with van der Waals surface area (Å²) in [5.74, 6) is -3.91. The zero-order chi connectivity index (χ0) is 16.0. The maximum Gasteiger partial charge on any atom is 0.341 e. The molecule has 1 aromatic rings. The third-order valence-electron chi connectivity index (χ3n) is 3.44. The lowest BCUT2D eigenvalue weighted by molar-refractivity contribution is -0.271. The quantitative estimate of drug-likeness (QED) is 0.377. The van der Waals surface area contributed by atoms with Gasteiger partial charge in [-0.2, -0.15) is 4.68 Å². The van der Waals surface area contributed by atoms with E-state index in [4.69, 9.17) is 15.6 Å². The predicted octanol–water partition coefficient (Wildman–Crippen LogP) is -3.58. The minimum atomic E-state index is -2.86. The molecule has 1 saturated heterocycles. The fourth-order valence-electron chi connectivity index (χ4n) is 2.31. The first-order valence-electron chi connectivity index (χ1n) is 5.83. The highest BCUT2D eigenvalue weighted by molar-refractivity contribution is 5.88. The average molecular weight is 302 g/mol. The molecular formula is C10H14N4O7. The molecule has 0 unspecified atom stereocenters. The van der Waals surface area contributed by atoms with Gasteiger partial charge in [0.15, 0.2) is 5.78 Å². The largest absolute Gasteiger partial charge is 0.394 e. The van der Waals surface area contributed by atoms with E-state index in [0.717, 1.165) is 13.1 Å². The number of ketones is 1. The number of aliphatic hydroxyl groups excluding tert-OH is 2. The second-order valence-corrected chi connectivity index (χ2v) is 4.62. The van der Waals surface area contributed by atoms with Crippen LogP contribution in [0, 0.1) is 0 Å². The van der Waals surface area contributed by atoms with Crippen molar-refractivity contribution in [2.45, 2.75) is 30.5 Å². The Bertz CT molecular complexity index is 590. The van der Waals surface area contributed by atoms with Gasteiger partial charge in [0.2, 0.25) is 5.60 Å². The Balaban J connectivity index is 2.65. The van der Waals surface area contributed by atoms with E-state index in [0.29, 0.717) is 4.68 Å². The lowest BCUT2D eigenvalue weighted by atomic mass is 9.83. The van der Waals surface area contributed by atoms with Crippen LogP contribution in [-0.4, -0.2) is 71.7 Å². The molecule has 0 bridgehead atoms. The zero-order valence-corrected chi connectivity index (χ0v) is 10.9. The highest BCUT2D eigenvalue weighted by atomic mass is 16.7. The molecule has 0 aromatic carbocycles. The van der Waals surface area contributed by atoms with Crippen LogP contribution >= 0.6 is 0 Å². The number of aliphatic hydroxyl groups is 4. The van der Waals surface area contributed by atoms with Crippen LogP contribution in [0.3, 0.4) is 0 Å². The van der Waals surface area contributed by atoms with Crippen LogP contribution in [0.15, 0.2) is 6.20 Å². The standard InChI is InChI=1S/C10H14N4O7/c1-4(16)9(19)7(17)5(3-15)21-10(9,20)6-2-12-13-14(6)8(11)18/h2,5,7,15,17,19-20H,3H2,1H3,(H2,11,18)/t5-,7-,9+,10-/m0/s1. The Hall–Kier alpha value is -1.92. The molecule has 0 saturated carbocycles. The molecule has 21 heavy (non-hydrogen) atoms. The number of hydrogen-bond donors (Lipinski definition) is 5. The molecule has 11 heteroatoms. The molecule has 0 spiro atoms. The molecule has 1 fully saturated rings. The van der Waals surface area contributed by atoms with Gasteiger partial charge in [0.25, 0.3) is 5.79 Å². The summed E-state index contributed by atoms with van der Waals surface area (Å²) in [6.45, 7) is 0.104. The molecule has 1 aromatic heterocycles. The van der Waals surface area contributed by atoms with Crippen LogP contribution in [-0.2, 0) is 15.3 Å². The Morgan fingerprint density at radius 3 is 2.62 bits per heavy atom. The number of carbonyl (C=O) groups excluding carboxylic acids is 2. The molecule has 4 atom stereocenters. The van der Waals surface area contributed by atoms with Gasteiger partial charge in [-0.05, 0) is 6.92 Å². The maximum atomic E-state index is 11.7. The van der Waals surface area contributed by atoms with Crippen molar-refractivity contribution in [3.8, 4) is 0 Å². The number of ether oxygens (including phenoxy) is 1. The Morgan fingerprint density at radius 1 is 1.52 bits per heavy atom. The number of primary amides is 1. The molecule has 6 N–H and O–H groups in total. The zero-order valence-electron chi connectivity index (χ0n) is 10.9. The molecule has 0 aliphatic carbocycles. The number of nitrogens with two attached hydrogens (primary N) is 1. The van der Waals surface area contributed by atoms with Crippen LogP contribution in [0.4, 0.5) is 4.79 Å². The molecular weight excluding hydrogens is 288 g/mol. The summed E-state index contributed by atoms with van der Waals surface area (Å²) in [5, 5.41) is 46.7. The van der Waals surface area contributed by atoms with Crippen molar-refractivity contribution in [1.29, 1.82) is 0 Å². The normalized spacial score (nSPS) is 35.9. The van der Waals surface area contributed by atoms with Gasteiger partial charge in [0, 0.05) is 0 Å². The predicted molar refractivity (Wildman–Crippen MR) is 62.5 cm³/mol. The molecule has 2 heterocycles. The van der Waals surface area contributed by atoms with Crippen LogP contribution in [0.5, 0.6) is 0 Å². The summed E-state index contributed by atoms with van der Waals surface area (Å²) in [7, 11) is 0. The number of Topliss-reactive ketones (excluding diaryl/α,β-unsaturated/α-hetero) is 1. The van der Waals surface area contributed by atoms with Crippen LogP contribution in [0.2, 0.25) is 0 Å². The van der Waals surface area contributed by atoms with Gasteiger partial charge < -0.3 is 30.9 Å². The van der Waals surface area contributed by atoms with Gasteiger partial charge in [-0.1, -0.05) is 5.21 Å². The van der Waals surface area contributed by atoms with Crippen LogP contribution in [0.25, 0.3) is 0 Å². The van der Waals surface area contributed by atoms with E-state index in [2.05, 4.69) is 10.3 Å². The third kappa shape index (κ3) is 1.86. The van der Waals surface area contributed by atoms with Crippen molar-refractivity contribution in [2.75, 3.05) is 6.61 Å². The van der Waals surface area contributed by atoms with Gasteiger partial charge in [0.1, 0.15) is 17.9 Å². The Morgan fingerprint density at radius 2 is 2.14 bits per heavy atom. The maximum absolute atomic E-state index is 11.7. The van der Waals surface area contributed by atoms with E-state index in [9.17, 15) is 24.9 Å². The van der Waals surface area contributed by atoms with Gasteiger partial charge >= 0.3 is 6.03 Å². The second kappa shape index (κ2) is 4.82. The van der Waals surface area contributed by atoms with Crippen molar-refractivity contribution in [3.05, 3.63) is 11.9 Å². The van der Waals surface area contributed by atoms with E-state index in [1.165, 1.54) is 0 Å². The Labute approximate surface area is 117 Å². The topological polar surface area (TPSA) is 181 Å². The minimum absolute atomic E-state index is 0.403. The number of rotatable bonds is 3. The lowest BCUT2D eigenvalue weighted by Crippen LogP contribution is -2.60. The SMILES string of the molecule is CC(=O)[C@@]1(O)[C@@H](O)[C@H](CO)O[C@@]1(O)c1cnnn1C(N)=O. The number of hydrogen-bond acceptors (Lipinski definition) is 9. The molecule has 1 amide bonds. The summed E-state index contributed by atoms with van der Waals surface area (Å²) >= 11 is 0. The first-order valence-corrected chi connectivity index (χ1v) is 5.83. The minimum Gasteiger partial charge on any atom is -0.394 e. The monoisotopic (exact) mass is 302 g/mol. The Kier molecular flexibility index (Phi) is 3.55. The van der Waals surface area contributed by atoms with Crippen molar-refractivity contribution < 1.29 is 34.8 Å². The summed E-state index contributed by atoms with van der Waals surface area (Å²) in [5.41, 5.74) is 1.64. The van der Waals surface area contributed by atoms with Crippen molar-refractivity contribution in [1.82, 2.24) is 15.0 Å². The molecule has 1 aliphatic heterocycles. The smallest absolute Gasteiger partial charge is 0.341 e. The molecule has 11 nitrogen and oxygen atoms in total. The molecule has 116 valence electrons. The fourth-order valence-corrected chi connectivity index (χ4v) is 2.31. The van der Waals surface area contributed by atoms with E-state index < -0.39 is 47.7 Å². The highest BCUT2D eigenvalue weighted by Crippen LogP contribution is 2.45. The highest BCUT2D eigenvalue weighted by Gasteiger charge is 2.69. The fraction of sp³-hybridized carbons (Fsp3) is 0.600. The van der Waals surface area contributed by atoms with E-state index in [-0.39, 0.29) is 0 Å². The third-order valence-corrected chi connectivity index (χ3v) is 3.44. The van der Waals surface area contributed by atoms with Crippen molar-refractivity contribution in [2.24, 2.45) is 5.73 Å². The van der Waals surface area contributed by atoms with Gasteiger partial charge in [-0.15, -0.1) is 5.10 Å². The van der Waals surface area contributed by atoms with Gasteiger partial charge in [-0.3, -0.25) is 4.79 Å². The van der Waals surface area contributed by atoms with E-state index in [1.54, 1.807) is 0 Å². The van der Waals surface area contributed by atoms with Crippen LogP contribution < -0.4 is 5.73 Å². The van der Waals surface area contributed by atoms with E-state index >= 15 is 0 Å². The number of carbonyl (C=O) groups is 2. The summed E-state index contributed by atoms with van der Waals surface area (Å²) in [6.07, 6.45) is -2.58. The number of nitrogens with zero attached hydrogens (tertiary/aromatic N) is 3. The van der Waals surface area contributed by atoms with E-state index in [1.807, 2.05) is 0 Å². The summed E-state index contributed by atoms with van der Waals surface area (Å²) in [4.78, 5) is 23.0. The molecule has 2 rings (SSSR count). The number of aromatic nitrogens is 3. The second-order valence-electron chi connectivity index (χ2n) is 4.62. The summed E-state index contributed by atoms with van der Waals surface area (Å²) < 4.78 is 5.40. The van der Waals surface area contributed by atoms with Crippen molar-refractivity contribution >= 4 is 11.8 Å². The van der Waals surface area contributed by atoms with Gasteiger partial charge in [-0.25, -0.2) is 4.79 Å². The first kappa shape index (κ1) is 15.5.